The van der Waals surface area contributed by atoms with Gasteiger partial charge in [0.2, 0.25) is 21.8 Å². The number of amides is 2. The van der Waals surface area contributed by atoms with Crippen molar-refractivity contribution in [2.75, 3.05) is 23.7 Å². The summed E-state index contributed by atoms with van der Waals surface area (Å²) in [6.07, 6.45) is 2.09. The van der Waals surface area contributed by atoms with Crippen LogP contribution < -0.4 is 9.62 Å². The van der Waals surface area contributed by atoms with Crippen molar-refractivity contribution in [3.05, 3.63) is 63.1 Å². The molecule has 192 valence electrons. The van der Waals surface area contributed by atoms with E-state index in [4.69, 9.17) is 34.8 Å². The zero-order valence-corrected chi connectivity index (χ0v) is 23.0. The van der Waals surface area contributed by atoms with E-state index in [9.17, 15) is 18.0 Å². The Hall–Kier alpha value is -2.00. The van der Waals surface area contributed by atoms with Crippen molar-refractivity contribution in [3.8, 4) is 0 Å². The molecule has 35 heavy (non-hydrogen) atoms. The van der Waals surface area contributed by atoms with E-state index in [1.54, 1.807) is 37.3 Å². The number of nitrogens with one attached hydrogen (secondary N) is 1. The Morgan fingerprint density at radius 3 is 2.26 bits per heavy atom. The summed E-state index contributed by atoms with van der Waals surface area (Å²) in [5.41, 5.74) is 1.07. The minimum atomic E-state index is -3.68. The van der Waals surface area contributed by atoms with Crippen LogP contribution >= 0.6 is 34.8 Å². The molecule has 0 aliphatic heterocycles. The van der Waals surface area contributed by atoms with Gasteiger partial charge in [0, 0.05) is 36.1 Å². The van der Waals surface area contributed by atoms with Gasteiger partial charge in [-0.2, -0.15) is 0 Å². The lowest BCUT2D eigenvalue weighted by atomic mass is 10.1. The SMILES string of the molecule is CCCNC(=O)[C@@H](C)N(Cc1ccc(Cl)cc1)C(=O)CCCN(c1cc(Cl)ccc1Cl)S(C)(=O)=O. The lowest BCUT2D eigenvalue weighted by molar-refractivity contribution is -0.140. The summed E-state index contributed by atoms with van der Waals surface area (Å²) in [4.78, 5) is 27.3. The van der Waals surface area contributed by atoms with Crippen molar-refractivity contribution in [1.29, 1.82) is 0 Å². The maximum atomic E-state index is 13.2. The number of nitrogens with zero attached hydrogens (tertiary/aromatic N) is 2. The van der Waals surface area contributed by atoms with E-state index in [0.29, 0.717) is 16.6 Å². The number of carbonyl (C=O) groups is 2. The normalized spacial score (nSPS) is 12.2. The molecule has 2 rings (SSSR count). The fraction of sp³-hybridized carbons (Fsp3) is 0.417. The molecule has 0 aromatic heterocycles. The quantitative estimate of drug-likeness (QED) is 0.388. The largest absolute Gasteiger partial charge is 0.354 e. The molecule has 2 aromatic carbocycles. The van der Waals surface area contributed by atoms with Gasteiger partial charge in [-0.15, -0.1) is 0 Å². The molecule has 0 saturated carbocycles. The number of carbonyl (C=O) groups excluding carboxylic acids is 2. The lowest BCUT2D eigenvalue weighted by Crippen LogP contribution is -2.47. The van der Waals surface area contributed by atoms with Crippen LogP contribution in [0.15, 0.2) is 42.5 Å². The Kier molecular flexibility index (Phi) is 11.1. The van der Waals surface area contributed by atoms with Gasteiger partial charge in [0.25, 0.3) is 0 Å². The van der Waals surface area contributed by atoms with Crippen LogP contribution in [0.4, 0.5) is 5.69 Å². The Labute approximate surface area is 222 Å². The van der Waals surface area contributed by atoms with Gasteiger partial charge in [-0.1, -0.05) is 53.9 Å². The zero-order chi connectivity index (χ0) is 26.2. The molecule has 1 N–H and O–H groups in total. The molecule has 0 unspecified atom stereocenters. The first-order chi connectivity index (χ1) is 16.4. The Morgan fingerprint density at radius 1 is 1.03 bits per heavy atom. The highest BCUT2D eigenvalue weighted by Gasteiger charge is 2.27. The van der Waals surface area contributed by atoms with E-state index < -0.39 is 16.1 Å². The summed E-state index contributed by atoms with van der Waals surface area (Å²) in [6.45, 7) is 4.37. The third kappa shape index (κ3) is 8.86. The summed E-state index contributed by atoms with van der Waals surface area (Å²) in [5.74, 6) is -0.526. The molecular weight excluding hydrogens is 533 g/mol. The van der Waals surface area contributed by atoms with Crippen LogP contribution in [0.5, 0.6) is 0 Å². The van der Waals surface area contributed by atoms with Crippen LogP contribution in [-0.2, 0) is 26.2 Å². The van der Waals surface area contributed by atoms with Gasteiger partial charge in [0.05, 0.1) is 17.0 Å². The Morgan fingerprint density at radius 2 is 1.66 bits per heavy atom. The van der Waals surface area contributed by atoms with Gasteiger partial charge in [-0.25, -0.2) is 8.42 Å². The van der Waals surface area contributed by atoms with Gasteiger partial charge in [-0.05, 0) is 55.7 Å². The number of halogens is 3. The maximum absolute atomic E-state index is 13.2. The van der Waals surface area contributed by atoms with Gasteiger partial charge in [0.15, 0.2) is 0 Å². The first kappa shape index (κ1) is 29.2. The molecule has 2 amide bonds. The van der Waals surface area contributed by atoms with Crippen LogP contribution in [-0.4, -0.2) is 50.5 Å². The molecule has 2 aromatic rings. The Balaban J connectivity index is 2.18. The fourth-order valence-electron chi connectivity index (χ4n) is 3.42. The first-order valence-electron chi connectivity index (χ1n) is 11.2. The van der Waals surface area contributed by atoms with E-state index in [1.807, 2.05) is 6.92 Å². The molecule has 0 heterocycles. The monoisotopic (exact) mass is 561 g/mol. The number of sulfonamides is 1. The number of hydrogen-bond acceptors (Lipinski definition) is 4. The number of benzene rings is 2. The number of anilines is 1. The first-order valence-corrected chi connectivity index (χ1v) is 14.2. The topological polar surface area (TPSA) is 86.8 Å². The predicted octanol–water partition coefficient (Wildman–Crippen LogP) is 5.14. The molecular formula is C24H30Cl3N3O4S. The van der Waals surface area contributed by atoms with Crippen molar-refractivity contribution in [2.24, 2.45) is 0 Å². The fourth-order valence-corrected chi connectivity index (χ4v) is 4.96. The van der Waals surface area contributed by atoms with Crippen molar-refractivity contribution < 1.29 is 18.0 Å². The molecule has 1 atom stereocenters. The van der Waals surface area contributed by atoms with Gasteiger partial charge in [-0.3, -0.25) is 13.9 Å². The molecule has 0 spiro atoms. The summed E-state index contributed by atoms with van der Waals surface area (Å²) >= 11 is 18.2. The van der Waals surface area contributed by atoms with Crippen molar-refractivity contribution >= 4 is 62.3 Å². The molecule has 0 saturated heterocycles. The second-order valence-electron chi connectivity index (χ2n) is 8.15. The molecule has 0 fully saturated rings. The molecule has 0 aliphatic rings. The minimum absolute atomic E-state index is 0.0236. The second-order valence-corrected chi connectivity index (χ2v) is 11.3. The summed E-state index contributed by atoms with van der Waals surface area (Å²) in [7, 11) is -3.68. The molecule has 11 heteroatoms. The lowest BCUT2D eigenvalue weighted by Gasteiger charge is -2.29. The summed E-state index contributed by atoms with van der Waals surface area (Å²) < 4.78 is 26.0. The third-order valence-electron chi connectivity index (χ3n) is 5.31. The maximum Gasteiger partial charge on any atom is 0.242 e. The van der Waals surface area contributed by atoms with Gasteiger partial charge < -0.3 is 10.2 Å². The van der Waals surface area contributed by atoms with Gasteiger partial charge >= 0.3 is 0 Å². The van der Waals surface area contributed by atoms with Crippen LogP contribution in [0.3, 0.4) is 0 Å². The van der Waals surface area contributed by atoms with E-state index >= 15 is 0 Å². The van der Waals surface area contributed by atoms with Crippen LogP contribution in [0.25, 0.3) is 0 Å². The zero-order valence-electron chi connectivity index (χ0n) is 19.9. The average molecular weight is 563 g/mol. The van der Waals surface area contributed by atoms with E-state index in [2.05, 4.69) is 5.32 Å². The predicted molar refractivity (Wildman–Crippen MR) is 143 cm³/mol. The van der Waals surface area contributed by atoms with Crippen LogP contribution in [0.2, 0.25) is 15.1 Å². The smallest absolute Gasteiger partial charge is 0.242 e. The Bertz CT molecular complexity index is 1130. The van der Waals surface area contributed by atoms with Crippen molar-refractivity contribution in [3.63, 3.8) is 0 Å². The van der Waals surface area contributed by atoms with Crippen LogP contribution in [0, 0.1) is 0 Å². The highest BCUT2D eigenvalue weighted by Crippen LogP contribution is 2.31. The second kappa shape index (κ2) is 13.3. The van der Waals surface area contributed by atoms with Crippen molar-refractivity contribution in [1.82, 2.24) is 10.2 Å². The summed E-state index contributed by atoms with van der Waals surface area (Å²) in [6, 6.07) is 10.9. The van der Waals surface area contributed by atoms with Gasteiger partial charge in [0.1, 0.15) is 6.04 Å². The molecule has 7 nitrogen and oxygen atoms in total. The average Bonchev–Trinajstić information content (AvgIpc) is 2.80. The third-order valence-corrected chi connectivity index (χ3v) is 7.30. The van der Waals surface area contributed by atoms with Crippen LogP contribution in [0.1, 0.15) is 38.7 Å². The van der Waals surface area contributed by atoms with Crippen molar-refractivity contribution in [2.45, 2.75) is 45.7 Å². The molecule has 0 radical (unpaired) electrons. The van der Waals surface area contributed by atoms with E-state index in [-0.39, 0.29) is 48.5 Å². The summed E-state index contributed by atoms with van der Waals surface area (Å²) in [5, 5.41) is 3.97. The molecule has 0 bridgehead atoms. The highest BCUT2D eigenvalue weighted by molar-refractivity contribution is 7.92. The van der Waals surface area contributed by atoms with E-state index in [0.717, 1.165) is 22.5 Å². The number of rotatable bonds is 12. The number of hydrogen-bond donors (Lipinski definition) is 1. The highest BCUT2D eigenvalue weighted by atomic mass is 35.5. The minimum Gasteiger partial charge on any atom is -0.354 e. The van der Waals surface area contributed by atoms with E-state index in [1.165, 1.54) is 17.0 Å². The standard InChI is InChI=1S/C24H30Cl3N3O4S/c1-4-13-28-24(32)17(2)29(16-18-7-9-19(25)10-8-18)23(31)6-5-14-30(35(3,33)34)22-15-20(26)11-12-21(22)27/h7-12,15,17H,4-6,13-14,16H2,1-3H3,(H,28,32)/t17-/m1/s1. The molecule has 0 aliphatic carbocycles.